The number of hydrogen-bond donors (Lipinski definition) is 2. The van der Waals surface area contributed by atoms with E-state index in [9.17, 15) is 14.4 Å². The van der Waals surface area contributed by atoms with Crippen LogP contribution < -0.4 is 11.2 Å². The monoisotopic (exact) mass is 331 g/mol. The topological polar surface area (TPSA) is 95.0 Å². The summed E-state index contributed by atoms with van der Waals surface area (Å²) >= 11 is 5.97. The van der Waals surface area contributed by atoms with Crippen LogP contribution in [0.1, 0.15) is 12.5 Å². The lowest BCUT2D eigenvalue weighted by atomic mass is 9.83. The van der Waals surface area contributed by atoms with E-state index in [4.69, 9.17) is 17.5 Å². The number of hydrazine groups is 1. The van der Waals surface area contributed by atoms with Crippen molar-refractivity contribution in [3.63, 3.8) is 0 Å². The number of benzene rings is 1. The molecular weight excluding hydrogens is 321 g/mol. The molecule has 0 saturated carbocycles. The molecule has 8 heteroatoms. The van der Waals surface area contributed by atoms with Crippen LogP contribution in [0.2, 0.25) is 0 Å². The maximum Gasteiger partial charge on any atom is 0.249 e. The summed E-state index contributed by atoms with van der Waals surface area (Å²) in [5.74, 6) is -1.42. The van der Waals surface area contributed by atoms with Gasteiger partial charge in [-0.3, -0.25) is 9.78 Å². The Labute approximate surface area is 136 Å². The molecule has 1 atom stereocenters. The first-order chi connectivity index (χ1) is 10.9. The van der Waals surface area contributed by atoms with Gasteiger partial charge in [0.05, 0.1) is 17.3 Å². The molecule has 2 heterocycles. The van der Waals surface area contributed by atoms with Crippen LogP contribution in [0, 0.1) is 17.1 Å². The summed E-state index contributed by atoms with van der Waals surface area (Å²) in [7, 11) is 0. The summed E-state index contributed by atoms with van der Waals surface area (Å²) < 4.78 is 15.4. The van der Waals surface area contributed by atoms with Crippen molar-refractivity contribution < 1.29 is 9.18 Å². The average Bonchev–Trinajstić information content (AvgIpc) is 2.79. The molecule has 1 aliphatic heterocycles. The minimum absolute atomic E-state index is 0.0300. The van der Waals surface area contributed by atoms with Gasteiger partial charge in [0.2, 0.25) is 5.91 Å². The van der Waals surface area contributed by atoms with Gasteiger partial charge in [-0.15, -0.1) is 0 Å². The zero-order valence-electron chi connectivity index (χ0n) is 12.0. The predicted octanol–water partition coefficient (Wildman–Crippen LogP) is 1.83. The number of nitrogens with one attached hydrogen (secondary N) is 1. The lowest BCUT2D eigenvalue weighted by Crippen LogP contribution is -2.44. The van der Waals surface area contributed by atoms with Crippen molar-refractivity contribution in [3.05, 3.63) is 53.1 Å². The fourth-order valence-corrected chi connectivity index (χ4v) is 2.95. The van der Waals surface area contributed by atoms with E-state index in [1.165, 1.54) is 13.1 Å². The van der Waals surface area contributed by atoms with Crippen molar-refractivity contribution >= 4 is 28.6 Å². The third-order valence-corrected chi connectivity index (χ3v) is 4.14. The first-order valence-corrected chi connectivity index (χ1v) is 6.95. The molecule has 3 N–H and O–H groups in total. The lowest BCUT2D eigenvalue weighted by molar-refractivity contribution is -0.115. The Bertz CT molecular complexity index is 906. The Kier molecular flexibility index (Phi) is 3.43. The molecule has 1 unspecified atom stereocenters. The minimum Gasteiger partial charge on any atom is -0.366 e. The number of rotatable bonds is 2. The Morgan fingerprint density at radius 2 is 2.30 bits per heavy atom. The SMILES string of the molecule is CC1=C(C(N)=O)C(C#N)(c2cc(F)c3ncccc3c2)NN1Cl. The highest BCUT2D eigenvalue weighted by atomic mass is 35.5. The number of fused-ring (bicyclic) bond motifs is 1. The zero-order valence-corrected chi connectivity index (χ0v) is 12.7. The molecule has 116 valence electrons. The van der Waals surface area contributed by atoms with Gasteiger partial charge in [-0.25, -0.2) is 8.92 Å². The second-order valence-corrected chi connectivity index (χ2v) is 5.45. The van der Waals surface area contributed by atoms with Crippen molar-refractivity contribution in [1.82, 2.24) is 14.9 Å². The fraction of sp³-hybridized carbons (Fsp3) is 0.133. The molecule has 2 aromatic rings. The van der Waals surface area contributed by atoms with Crippen LogP contribution in [-0.2, 0) is 10.3 Å². The maximum atomic E-state index is 14.4. The van der Waals surface area contributed by atoms with Crippen LogP contribution in [0.4, 0.5) is 4.39 Å². The molecule has 1 aromatic carbocycles. The van der Waals surface area contributed by atoms with Gasteiger partial charge in [-0.1, -0.05) is 6.07 Å². The van der Waals surface area contributed by atoms with E-state index < -0.39 is 17.3 Å². The van der Waals surface area contributed by atoms with E-state index in [0.29, 0.717) is 5.39 Å². The number of pyridine rings is 1. The molecule has 0 aliphatic carbocycles. The minimum atomic E-state index is -1.66. The van der Waals surface area contributed by atoms with Gasteiger partial charge in [-0.2, -0.15) is 10.7 Å². The van der Waals surface area contributed by atoms with Crippen LogP contribution in [0.3, 0.4) is 0 Å². The van der Waals surface area contributed by atoms with Gasteiger partial charge in [0.1, 0.15) is 11.3 Å². The fourth-order valence-electron chi connectivity index (χ4n) is 2.74. The molecule has 23 heavy (non-hydrogen) atoms. The van der Waals surface area contributed by atoms with E-state index in [0.717, 1.165) is 10.6 Å². The standard InChI is InChI=1S/C15H11ClFN5O/c1-8-12(14(19)23)15(7-18,21-22(8)16)10-5-9-3-2-4-20-13(9)11(17)6-10/h2-6,21H,1H3,(H2,19,23). The molecule has 0 spiro atoms. The number of nitrogens with two attached hydrogens (primary N) is 1. The van der Waals surface area contributed by atoms with Gasteiger partial charge in [-0.05, 0) is 30.7 Å². The van der Waals surface area contributed by atoms with E-state index in [2.05, 4.69) is 10.4 Å². The average molecular weight is 332 g/mol. The highest BCUT2D eigenvalue weighted by Gasteiger charge is 2.48. The number of halogens is 2. The quantitative estimate of drug-likeness (QED) is 0.818. The first-order valence-electron chi connectivity index (χ1n) is 6.61. The van der Waals surface area contributed by atoms with Crippen molar-refractivity contribution in [2.75, 3.05) is 0 Å². The van der Waals surface area contributed by atoms with Crippen LogP contribution >= 0.6 is 11.8 Å². The number of aromatic nitrogens is 1. The molecule has 0 radical (unpaired) electrons. The molecule has 0 saturated heterocycles. The zero-order chi connectivity index (χ0) is 16.8. The first kappa shape index (κ1) is 15.2. The molecule has 3 rings (SSSR count). The maximum absolute atomic E-state index is 14.4. The molecule has 0 fully saturated rings. The lowest BCUT2D eigenvalue weighted by Gasteiger charge is -2.25. The van der Waals surface area contributed by atoms with Crippen molar-refractivity contribution in [2.24, 2.45) is 5.73 Å². The molecule has 1 amide bonds. The van der Waals surface area contributed by atoms with E-state index >= 15 is 0 Å². The van der Waals surface area contributed by atoms with Crippen LogP contribution in [-0.4, -0.2) is 15.4 Å². The Morgan fingerprint density at radius 3 is 2.96 bits per heavy atom. The number of allylic oxidation sites excluding steroid dienone is 1. The number of nitriles is 1. The summed E-state index contributed by atoms with van der Waals surface area (Å²) in [6, 6.07) is 8.03. The van der Waals surface area contributed by atoms with Gasteiger partial charge < -0.3 is 5.73 Å². The van der Waals surface area contributed by atoms with E-state index in [-0.39, 0.29) is 22.4 Å². The smallest absolute Gasteiger partial charge is 0.249 e. The number of nitrogens with zero attached hydrogens (tertiary/aromatic N) is 3. The van der Waals surface area contributed by atoms with Crippen molar-refractivity contribution in [3.8, 4) is 6.07 Å². The summed E-state index contributed by atoms with van der Waals surface area (Å²) in [5.41, 5.74) is 7.07. The Balaban J connectivity index is 2.31. The van der Waals surface area contributed by atoms with E-state index in [1.54, 1.807) is 18.2 Å². The van der Waals surface area contributed by atoms with Gasteiger partial charge in [0, 0.05) is 23.4 Å². The van der Waals surface area contributed by atoms with Crippen LogP contribution in [0.5, 0.6) is 0 Å². The Hall–Kier alpha value is -2.69. The number of amides is 1. The molecule has 1 aliphatic rings. The number of carbonyl (C=O) groups excluding carboxylic acids is 1. The Morgan fingerprint density at radius 1 is 1.57 bits per heavy atom. The number of hydrogen-bond acceptors (Lipinski definition) is 5. The van der Waals surface area contributed by atoms with Gasteiger partial charge in [0.15, 0.2) is 5.54 Å². The molecule has 0 bridgehead atoms. The third kappa shape index (κ3) is 2.11. The summed E-state index contributed by atoms with van der Waals surface area (Å²) in [4.78, 5) is 15.8. The van der Waals surface area contributed by atoms with Crippen molar-refractivity contribution in [1.29, 1.82) is 5.26 Å². The second-order valence-electron chi connectivity index (χ2n) is 5.11. The predicted molar refractivity (Wildman–Crippen MR) is 81.7 cm³/mol. The van der Waals surface area contributed by atoms with Crippen LogP contribution in [0.25, 0.3) is 10.9 Å². The third-order valence-electron chi connectivity index (χ3n) is 3.80. The number of primary amides is 1. The summed E-state index contributed by atoms with van der Waals surface area (Å²) in [5, 5.41) is 10.2. The molecular formula is C15H11ClFN5O. The van der Waals surface area contributed by atoms with Crippen molar-refractivity contribution in [2.45, 2.75) is 12.5 Å². The largest absolute Gasteiger partial charge is 0.366 e. The summed E-state index contributed by atoms with van der Waals surface area (Å²) in [6.45, 7) is 1.54. The van der Waals surface area contributed by atoms with E-state index in [1.807, 2.05) is 6.07 Å². The van der Waals surface area contributed by atoms with Crippen LogP contribution in [0.15, 0.2) is 41.7 Å². The van der Waals surface area contributed by atoms with Gasteiger partial charge >= 0.3 is 0 Å². The normalized spacial score (nSPS) is 20.9. The molecule has 6 nitrogen and oxygen atoms in total. The second kappa shape index (κ2) is 5.19. The highest BCUT2D eigenvalue weighted by Crippen LogP contribution is 2.39. The number of carbonyl (C=O) groups is 1. The van der Waals surface area contributed by atoms with Gasteiger partial charge in [0.25, 0.3) is 0 Å². The molecule has 1 aromatic heterocycles. The summed E-state index contributed by atoms with van der Waals surface area (Å²) in [6.07, 6.45) is 1.47. The highest BCUT2D eigenvalue weighted by molar-refractivity contribution is 6.15.